The highest BCUT2D eigenvalue weighted by molar-refractivity contribution is 5.97. The molecule has 0 saturated carbocycles. The van der Waals surface area contributed by atoms with Crippen molar-refractivity contribution in [3.8, 4) is 5.75 Å². The van der Waals surface area contributed by atoms with E-state index in [2.05, 4.69) is 5.32 Å². The summed E-state index contributed by atoms with van der Waals surface area (Å²) in [7, 11) is 0. The van der Waals surface area contributed by atoms with E-state index >= 15 is 0 Å². The topological polar surface area (TPSA) is 77.0 Å². The lowest BCUT2D eigenvalue weighted by molar-refractivity contribution is 0.0178. The third-order valence-corrected chi connectivity index (χ3v) is 4.71. The minimum Gasteiger partial charge on any atom is -0.488 e. The highest BCUT2D eigenvalue weighted by Crippen LogP contribution is 2.28. The number of amides is 1. The molecule has 2 fully saturated rings. The molecule has 0 radical (unpaired) electrons. The van der Waals surface area contributed by atoms with Crippen LogP contribution >= 0.6 is 0 Å². The van der Waals surface area contributed by atoms with Gasteiger partial charge in [0.25, 0.3) is 5.91 Å². The summed E-state index contributed by atoms with van der Waals surface area (Å²) >= 11 is 0. The first kappa shape index (κ1) is 17.0. The van der Waals surface area contributed by atoms with E-state index in [0.29, 0.717) is 24.5 Å². The third-order valence-electron chi connectivity index (χ3n) is 4.71. The lowest BCUT2D eigenvalue weighted by Gasteiger charge is -2.18. The van der Waals surface area contributed by atoms with Gasteiger partial charge in [-0.1, -0.05) is 42.5 Å². The average molecular weight is 355 g/mol. The zero-order chi connectivity index (χ0) is 17.9. The van der Waals surface area contributed by atoms with E-state index < -0.39 is 6.10 Å². The maximum absolute atomic E-state index is 12.7. The van der Waals surface area contributed by atoms with E-state index in [1.165, 1.54) is 0 Å². The van der Waals surface area contributed by atoms with Crippen LogP contribution in [-0.2, 0) is 16.1 Å². The monoisotopic (exact) mass is 355 g/mol. The lowest BCUT2D eigenvalue weighted by atomic mass is 10.1. The van der Waals surface area contributed by atoms with Crippen molar-refractivity contribution in [3.63, 3.8) is 0 Å². The van der Waals surface area contributed by atoms with E-state index in [1.807, 2.05) is 36.4 Å². The second-order valence-corrected chi connectivity index (χ2v) is 6.51. The molecule has 0 aromatic heterocycles. The predicted molar refractivity (Wildman–Crippen MR) is 94.0 cm³/mol. The van der Waals surface area contributed by atoms with Crippen molar-refractivity contribution in [2.75, 3.05) is 13.2 Å². The average Bonchev–Trinajstić information content (AvgIpc) is 3.24. The Morgan fingerprint density at radius 2 is 1.77 bits per heavy atom. The summed E-state index contributed by atoms with van der Waals surface area (Å²) in [6.07, 6.45) is -1.32. The number of aliphatic hydroxyl groups is 1. The fraction of sp³-hybridized carbons (Fsp3) is 0.350. The molecule has 2 saturated heterocycles. The van der Waals surface area contributed by atoms with Gasteiger partial charge >= 0.3 is 0 Å². The summed E-state index contributed by atoms with van der Waals surface area (Å²) in [6.45, 7) is 0.946. The Bertz CT molecular complexity index is 766. The molecule has 136 valence electrons. The SMILES string of the molecule is O=C(N[C@H]1CO[C@H]2[C@@H]1OC[C@@H]2O)c1ccccc1OCc1ccccc1. The van der Waals surface area contributed by atoms with Crippen LogP contribution < -0.4 is 10.1 Å². The van der Waals surface area contributed by atoms with E-state index in [1.54, 1.807) is 18.2 Å². The van der Waals surface area contributed by atoms with Crippen molar-refractivity contribution in [2.24, 2.45) is 0 Å². The second kappa shape index (κ2) is 7.45. The van der Waals surface area contributed by atoms with Gasteiger partial charge in [-0.25, -0.2) is 0 Å². The van der Waals surface area contributed by atoms with E-state index in [-0.39, 0.29) is 30.8 Å². The fourth-order valence-electron chi connectivity index (χ4n) is 3.36. The third kappa shape index (κ3) is 3.44. The van der Waals surface area contributed by atoms with Crippen LogP contribution in [0.25, 0.3) is 0 Å². The molecule has 0 spiro atoms. The molecule has 0 aliphatic carbocycles. The van der Waals surface area contributed by atoms with Gasteiger partial charge in [0.2, 0.25) is 0 Å². The number of aliphatic hydroxyl groups excluding tert-OH is 1. The van der Waals surface area contributed by atoms with Crippen LogP contribution in [0.2, 0.25) is 0 Å². The summed E-state index contributed by atoms with van der Waals surface area (Å²) in [5, 5.41) is 12.8. The fourth-order valence-corrected chi connectivity index (χ4v) is 3.36. The maximum Gasteiger partial charge on any atom is 0.255 e. The van der Waals surface area contributed by atoms with Gasteiger partial charge in [0.15, 0.2) is 0 Å². The molecule has 2 aromatic rings. The number of carbonyl (C=O) groups is 1. The lowest BCUT2D eigenvalue weighted by Crippen LogP contribution is -2.44. The molecule has 2 aromatic carbocycles. The minimum absolute atomic E-state index is 0.235. The Kier molecular flexibility index (Phi) is 4.88. The largest absolute Gasteiger partial charge is 0.488 e. The van der Waals surface area contributed by atoms with Gasteiger partial charge in [-0.15, -0.1) is 0 Å². The van der Waals surface area contributed by atoms with E-state index in [9.17, 15) is 9.90 Å². The molecule has 6 heteroatoms. The van der Waals surface area contributed by atoms with Gasteiger partial charge in [-0.05, 0) is 17.7 Å². The molecule has 2 heterocycles. The number of para-hydroxylation sites is 1. The number of ether oxygens (including phenoxy) is 3. The zero-order valence-electron chi connectivity index (χ0n) is 14.2. The summed E-state index contributed by atoms with van der Waals surface area (Å²) in [5.74, 6) is 0.282. The van der Waals surface area contributed by atoms with Crippen LogP contribution in [0.1, 0.15) is 15.9 Å². The molecule has 2 aliphatic rings. The molecule has 0 unspecified atom stereocenters. The van der Waals surface area contributed by atoms with Crippen molar-refractivity contribution in [2.45, 2.75) is 31.0 Å². The first-order valence-electron chi connectivity index (χ1n) is 8.70. The van der Waals surface area contributed by atoms with Crippen molar-refractivity contribution >= 4 is 5.91 Å². The number of nitrogens with one attached hydrogen (secondary N) is 1. The van der Waals surface area contributed by atoms with Crippen molar-refractivity contribution in [1.29, 1.82) is 0 Å². The Hall–Kier alpha value is -2.41. The molecule has 2 N–H and O–H groups in total. The van der Waals surface area contributed by atoms with Gasteiger partial charge < -0.3 is 24.6 Å². The first-order valence-corrected chi connectivity index (χ1v) is 8.70. The van der Waals surface area contributed by atoms with Crippen LogP contribution in [0.3, 0.4) is 0 Å². The van der Waals surface area contributed by atoms with Crippen molar-refractivity contribution in [1.82, 2.24) is 5.32 Å². The Labute approximate surface area is 151 Å². The zero-order valence-corrected chi connectivity index (χ0v) is 14.2. The summed E-state index contributed by atoms with van der Waals surface area (Å²) < 4.78 is 17.0. The van der Waals surface area contributed by atoms with Crippen LogP contribution in [0.4, 0.5) is 0 Å². The summed E-state index contributed by atoms with van der Waals surface area (Å²) in [6, 6.07) is 16.7. The number of fused-ring (bicyclic) bond motifs is 1. The summed E-state index contributed by atoms with van der Waals surface area (Å²) in [5.41, 5.74) is 1.49. The standard InChI is InChI=1S/C20H21NO5/c22-16-12-26-18-15(11-25-19(16)18)21-20(23)14-8-4-5-9-17(14)24-10-13-6-2-1-3-7-13/h1-9,15-16,18-19,22H,10-12H2,(H,21,23)/t15-,16-,18+,19+/m0/s1. The second-order valence-electron chi connectivity index (χ2n) is 6.51. The molecule has 4 atom stereocenters. The predicted octanol–water partition coefficient (Wildman–Crippen LogP) is 1.52. The molecule has 4 rings (SSSR count). The van der Waals surface area contributed by atoms with Crippen LogP contribution in [-0.4, -0.2) is 48.6 Å². The molecule has 1 amide bonds. The molecule has 6 nitrogen and oxygen atoms in total. The van der Waals surface area contributed by atoms with Gasteiger partial charge in [0.05, 0.1) is 24.8 Å². The van der Waals surface area contributed by atoms with Crippen molar-refractivity contribution < 1.29 is 24.1 Å². The Balaban J connectivity index is 1.43. The van der Waals surface area contributed by atoms with Crippen LogP contribution in [0.15, 0.2) is 54.6 Å². The molecular weight excluding hydrogens is 334 g/mol. The molecular formula is C20H21NO5. The number of hydrogen-bond donors (Lipinski definition) is 2. The summed E-state index contributed by atoms with van der Waals surface area (Å²) in [4.78, 5) is 12.7. The maximum atomic E-state index is 12.7. The molecule has 0 bridgehead atoms. The van der Waals surface area contributed by atoms with Gasteiger partial charge in [0, 0.05) is 0 Å². The smallest absolute Gasteiger partial charge is 0.255 e. The van der Waals surface area contributed by atoms with Crippen LogP contribution in [0, 0.1) is 0 Å². The quantitative estimate of drug-likeness (QED) is 0.850. The van der Waals surface area contributed by atoms with Crippen LogP contribution in [0.5, 0.6) is 5.75 Å². The van der Waals surface area contributed by atoms with Crippen molar-refractivity contribution in [3.05, 3.63) is 65.7 Å². The number of benzene rings is 2. The molecule has 26 heavy (non-hydrogen) atoms. The first-order chi connectivity index (χ1) is 12.7. The number of rotatable bonds is 5. The number of carbonyl (C=O) groups excluding carboxylic acids is 1. The van der Waals surface area contributed by atoms with E-state index in [4.69, 9.17) is 14.2 Å². The van der Waals surface area contributed by atoms with Gasteiger partial charge in [-0.3, -0.25) is 4.79 Å². The van der Waals surface area contributed by atoms with Gasteiger partial charge in [0.1, 0.15) is 30.7 Å². The Morgan fingerprint density at radius 3 is 2.62 bits per heavy atom. The van der Waals surface area contributed by atoms with Gasteiger partial charge in [-0.2, -0.15) is 0 Å². The highest BCUT2D eigenvalue weighted by Gasteiger charge is 2.47. The Morgan fingerprint density at radius 1 is 1.04 bits per heavy atom. The number of hydrogen-bond acceptors (Lipinski definition) is 5. The molecule has 2 aliphatic heterocycles. The normalized spacial score (nSPS) is 27.1. The van der Waals surface area contributed by atoms with E-state index in [0.717, 1.165) is 5.56 Å². The highest BCUT2D eigenvalue weighted by atomic mass is 16.6. The minimum atomic E-state index is -0.636.